The van der Waals surface area contributed by atoms with Gasteiger partial charge in [0.1, 0.15) is 0 Å². The Balaban J connectivity index is 1.75. The zero-order valence-electron chi connectivity index (χ0n) is 11.9. The molecule has 110 valence electrons. The van der Waals surface area contributed by atoms with Gasteiger partial charge >= 0.3 is 0 Å². The second-order valence-corrected chi connectivity index (χ2v) is 6.10. The van der Waals surface area contributed by atoms with Crippen LogP contribution in [0.5, 0.6) is 0 Å². The Morgan fingerprint density at radius 1 is 1.50 bits per heavy atom. The maximum absolute atomic E-state index is 11.9. The summed E-state index contributed by atoms with van der Waals surface area (Å²) in [5.74, 6) is 0.0366. The maximum atomic E-state index is 11.9. The molecule has 20 heavy (non-hydrogen) atoms. The van der Waals surface area contributed by atoms with Gasteiger partial charge in [-0.1, -0.05) is 15.9 Å². The fourth-order valence-corrected chi connectivity index (χ4v) is 2.83. The fourth-order valence-electron chi connectivity index (χ4n) is 2.35. The third kappa shape index (κ3) is 4.30. The van der Waals surface area contributed by atoms with Gasteiger partial charge in [-0.05, 0) is 44.0 Å². The van der Waals surface area contributed by atoms with E-state index in [0.29, 0.717) is 19.0 Å². The Kier molecular flexibility index (Phi) is 5.57. The van der Waals surface area contributed by atoms with E-state index in [1.54, 1.807) is 0 Å². The Labute approximate surface area is 128 Å². The number of aryl methyl sites for hydroxylation is 1. The summed E-state index contributed by atoms with van der Waals surface area (Å²) in [6, 6.07) is 6.21. The van der Waals surface area contributed by atoms with Crippen molar-refractivity contribution < 1.29 is 9.53 Å². The minimum Gasteiger partial charge on any atom is -0.377 e. The van der Waals surface area contributed by atoms with Crippen molar-refractivity contribution >= 4 is 27.5 Å². The van der Waals surface area contributed by atoms with Crippen LogP contribution in [0.15, 0.2) is 22.7 Å². The average Bonchev–Trinajstić information content (AvgIpc) is 2.79. The summed E-state index contributed by atoms with van der Waals surface area (Å²) in [5.41, 5.74) is 1.93. The molecular weight excluding hydrogens is 320 g/mol. The highest BCUT2D eigenvalue weighted by atomic mass is 79.9. The number of rotatable bonds is 5. The van der Waals surface area contributed by atoms with Gasteiger partial charge in [0.05, 0.1) is 6.10 Å². The van der Waals surface area contributed by atoms with Gasteiger partial charge in [0.2, 0.25) is 5.91 Å². The van der Waals surface area contributed by atoms with E-state index in [2.05, 4.69) is 33.5 Å². The molecule has 0 spiro atoms. The van der Waals surface area contributed by atoms with Crippen LogP contribution in [0.3, 0.4) is 0 Å². The molecule has 2 atom stereocenters. The number of halogens is 1. The van der Waals surface area contributed by atoms with Crippen molar-refractivity contribution in [3.05, 3.63) is 28.2 Å². The van der Waals surface area contributed by atoms with Crippen molar-refractivity contribution in [2.24, 2.45) is 0 Å². The summed E-state index contributed by atoms with van der Waals surface area (Å²) in [6.45, 7) is 5.54. The molecule has 0 bridgehead atoms. The number of carbonyl (C=O) groups excluding carboxylic acids is 1. The van der Waals surface area contributed by atoms with E-state index >= 15 is 0 Å². The number of anilines is 1. The largest absolute Gasteiger partial charge is 0.377 e. The molecule has 1 heterocycles. The summed E-state index contributed by atoms with van der Waals surface area (Å²) in [5, 5.41) is 6.32. The molecule has 4 nitrogen and oxygen atoms in total. The van der Waals surface area contributed by atoms with Crippen molar-refractivity contribution in [3.63, 3.8) is 0 Å². The van der Waals surface area contributed by atoms with Gasteiger partial charge in [0.15, 0.2) is 0 Å². The van der Waals surface area contributed by atoms with Crippen LogP contribution in [0.25, 0.3) is 0 Å². The number of hydrogen-bond donors (Lipinski definition) is 2. The van der Waals surface area contributed by atoms with E-state index < -0.39 is 0 Å². The molecule has 1 aliphatic heterocycles. The molecule has 1 aliphatic rings. The molecule has 1 amide bonds. The van der Waals surface area contributed by atoms with Crippen LogP contribution >= 0.6 is 15.9 Å². The van der Waals surface area contributed by atoms with Gasteiger partial charge in [-0.25, -0.2) is 0 Å². The van der Waals surface area contributed by atoms with E-state index in [0.717, 1.165) is 28.8 Å². The van der Waals surface area contributed by atoms with Crippen LogP contribution in [0, 0.1) is 6.92 Å². The van der Waals surface area contributed by atoms with Gasteiger partial charge in [-0.15, -0.1) is 0 Å². The summed E-state index contributed by atoms with van der Waals surface area (Å²) in [4.78, 5) is 11.9. The standard InChI is InChI=1S/C15H21BrN2O2/c1-10-9-12(16)3-4-13(10)18-15(19)5-7-17-14-6-8-20-11(14)2/h3-4,9,11,14,17H,5-8H2,1-2H3,(H,18,19). The van der Waals surface area contributed by atoms with Crippen molar-refractivity contribution in [1.29, 1.82) is 0 Å². The van der Waals surface area contributed by atoms with E-state index in [9.17, 15) is 4.79 Å². The minimum absolute atomic E-state index is 0.0366. The van der Waals surface area contributed by atoms with Crippen LogP contribution in [0.1, 0.15) is 25.3 Å². The molecule has 1 aromatic rings. The van der Waals surface area contributed by atoms with Crippen LogP contribution in [0.2, 0.25) is 0 Å². The highest BCUT2D eigenvalue weighted by Gasteiger charge is 2.23. The van der Waals surface area contributed by atoms with Crippen molar-refractivity contribution in [1.82, 2.24) is 5.32 Å². The fraction of sp³-hybridized carbons (Fsp3) is 0.533. The molecule has 1 saturated heterocycles. The van der Waals surface area contributed by atoms with Crippen molar-refractivity contribution in [2.75, 3.05) is 18.5 Å². The molecule has 0 saturated carbocycles. The number of benzene rings is 1. The van der Waals surface area contributed by atoms with Crippen LogP contribution < -0.4 is 10.6 Å². The van der Waals surface area contributed by atoms with Crippen LogP contribution in [-0.2, 0) is 9.53 Å². The Hall–Kier alpha value is -0.910. The number of carbonyl (C=O) groups is 1. The van der Waals surface area contributed by atoms with Crippen LogP contribution in [0.4, 0.5) is 5.69 Å². The molecule has 0 aliphatic carbocycles. The second-order valence-electron chi connectivity index (χ2n) is 5.18. The molecule has 2 unspecified atom stereocenters. The third-order valence-corrected chi connectivity index (χ3v) is 4.09. The average molecular weight is 341 g/mol. The van der Waals surface area contributed by atoms with Crippen LogP contribution in [-0.4, -0.2) is 31.2 Å². The summed E-state index contributed by atoms with van der Waals surface area (Å²) >= 11 is 3.41. The molecule has 2 N–H and O–H groups in total. The summed E-state index contributed by atoms with van der Waals surface area (Å²) in [7, 11) is 0. The summed E-state index contributed by atoms with van der Waals surface area (Å²) in [6.07, 6.45) is 1.74. The Morgan fingerprint density at radius 3 is 2.95 bits per heavy atom. The lowest BCUT2D eigenvalue weighted by Gasteiger charge is -2.16. The highest BCUT2D eigenvalue weighted by molar-refractivity contribution is 9.10. The maximum Gasteiger partial charge on any atom is 0.225 e. The van der Waals surface area contributed by atoms with Gasteiger partial charge in [-0.2, -0.15) is 0 Å². The predicted octanol–water partition coefficient (Wildman–Crippen LogP) is 2.85. The zero-order chi connectivity index (χ0) is 14.5. The normalized spacial score (nSPS) is 21.9. The molecule has 5 heteroatoms. The molecule has 1 aromatic carbocycles. The zero-order valence-corrected chi connectivity index (χ0v) is 13.5. The predicted molar refractivity (Wildman–Crippen MR) is 83.9 cm³/mol. The first kappa shape index (κ1) is 15.5. The number of nitrogens with one attached hydrogen (secondary N) is 2. The molecule has 0 aromatic heterocycles. The van der Waals surface area contributed by atoms with Gasteiger partial charge < -0.3 is 15.4 Å². The van der Waals surface area contributed by atoms with Gasteiger partial charge in [0.25, 0.3) is 0 Å². The van der Waals surface area contributed by atoms with Crippen molar-refractivity contribution in [2.45, 2.75) is 38.8 Å². The lowest BCUT2D eigenvalue weighted by atomic mass is 10.1. The monoisotopic (exact) mass is 340 g/mol. The van der Waals surface area contributed by atoms with E-state index in [1.807, 2.05) is 25.1 Å². The highest BCUT2D eigenvalue weighted by Crippen LogP contribution is 2.20. The molecule has 1 fully saturated rings. The van der Waals surface area contributed by atoms with Gasteiger partial charge in [0, 0.05) is 35.8 Å². The Morgan fingerprint density at radius 2 is 2.30 bits per heavy atom. The van der Waals surface area contributed by atoms with Crippen molar-refractivity contribution in [3.8, 4) is 0 Å². The number of hydrogen-bond acceptors (Lipinski definition) is 3. The second kappa shape index (κ2) is 7.20. The lowest BCUT2D eigenvalue weighted by molar-refractivity contribution is -0.116. The third-order valence-electron chi connectivity index (χ3n) is 3.60. The molecular formula is C15H21BrN2O2. The minimum atomic E-state index is 0.0366. The Bertz CT molecular complexity index is 479. The van der Waals surface area contributed by atoms with Gasteiger partial charge in [-0.3, -0.25) is 4.79 Å². The summed E-state index contributed by atoms with van der Waals surface area (Å²) < 4.78 is 6.50. The van der Waals surface area contributed by atoms with E-state index in [1.165, 1.54) is 0 Å². The smallest absolute Gasteiger partial charge is 0.225 e. The number of amides is 1. The molecule has 0 radical (unpaired) electrons. The molecule has 2 rings (SSSR count). The number of ether oxygens (including phenoxy) is 1. The first-order valence-corrected chi connectivity index (χ1v) is 7.76. The topological polar surface area (TPSA) is 50.4 Å². The first-order valence-electron chi connectivity index (χ1n) is 6.97. The lowest BCUT2D eigenvalue weighted by Crippen LogP contribution is -2.36. The quantitative estimate of drug-likeness (QED) is 0.866. The first-order chi connectivity index (χ1) is 9.56. The van der Waals surface area contributed by atoms with E-state index in [4.69, 9.17) is 4.74 Å². The van der Waals surface area contributed by atoms with E-state index in [-0.39, 0.29) is 12.0 Å². The SMILES string of the molecule is Cc1cc(Br)ccc1NC(=O)CCNC1CCOC1C.